The summed E-state index contributed by atoms with van der Waals surface area (Å²) in [5.41, 5.74) is 3.79. The van der Waals surface area contributed by atoms with Gasteiger partial charge in [0, 0.05) is 17.9 Å². The molecular weight excluding hydrogens is 464 g/mol. The molecule has 0 aliphatic heterocycles. The SMILES string of the molecule is CC(=O)NC(C)(C)c1ccc(Oc2nc3nc(-c4ccc(C(C)(C)CO)cc4)c(Cl)cc3[nH]2)cc1. The van der Waals surface area contributed by atoms with Crippen molar-refractivity contribution in [3.8, 4) is 23.0 Å². The van der Waals surface area contributed by atoms with Gasteiger partial charge in [0.15, 0.2) is 5.65 Å². The molecule has 3 N–H and O–H groups in total. The number of hydrogen-bond donors (Lipinski definition) is 3. The Bertz CT molecular complexity index is 1360. The van der Waals surface area contributed by atoms with Crippen molar-refractivity contribution in [2.75, 3.05) is 6.61 Å². The Kier molecular flexibility index (Phi) is 6.58. The first kappa shape index (κ1) is 24.7. The molecule has 182 valence electrons. The van der Waals surface area contributed by atoms with E-state index in [-0.39, 0.29) is 17.9 Å². The average Bonchev–Trinajstić information content (AvgIpc) is 3.19. The summed E-state index contributed by atoms with van der Waals surface area (Å²) in [6, 6.07) is 17.4. The molecule has 0 aliphatic carbocycles. The number of rotatable bonds is 7. The number of fused-ring (bicyclic) bond motifs is 1. The second-order valence-corrected chi connectivity index (χ2v) is 10.2. The Morgan fingerprint density at radius 2 is 1.66 bits per heavy atom. The molecule has 0 spiro atoms. The number of aromatic amines is 1. The molecule has 0 radical (unpaired) electrons. The van der Waals surface area contributed by atoms with Crippen molar-refractivity contribution in [3.63, 3.8) is 0 Å². The van der Waals surface area contributed by atoms with E-state index in [2.05, 4.69) is 20.3 Å². The van der Waals surface area contributed by atoms with Crippen molar-refractivity contribution in [2.24, 2.45) is 0 Å². The van der Waals surface area contributed by atoms with E-state index >= 15 is 0 Å². The summed E-state index contributed by atoms with van der Waals surface area (Å²) >= 11 is 6.54. The predicted octanol–water partition coefficient (Wildman–Crippen LogP) is 5.71. The van der Waals surface area contributed by atoms with Crippen LogP contribution in [-0.2, 0) is 15.7 Å². The molecule has 0 atom stereocenters. The third-order valence-electron chi connectivity index (χ3n) is 6.02. The summed E-state index contributed by atoms with van der Waals surface area (Å²) in [4.78, 5) is 23.7. The maximum Gasteiger partial charge on any atom is 0.301 e. The number of carbonyl (C=O) groups excluding carboxylic acids is 1. The van der Waals surface area contributed by atoms with E-state index < -0.39 is 5.54 Å². The average molecular weight is 493 g/mol. The molecule has 7 nitrogen and oxygen atoms in total. The second kappa shape index (κ2) is 9.32. The number of aliphatic hydroxyl groups excluding tert-OH is 1. The van der Waals surface area contributed by atoms with Crippen LogP contribution < -0.4 is 10.1 Å². The Balaban J connectivity index is 1.56. The van der Waals surface area contributed by atoms with Gasteiger partial charge in [-0.05, 0) is 43.2 Å². The molecule has 0 saturated heterocycles. The zero-order valence-electron chi connectivity index (χ0n) is 20.4. The van der Waals surface area contributed by atoms with Crippen molar-refractivity contribution >= 4 is 28.7 Å². The fraction of sp³-hybridized carbons (Fsp3) is 0.296. The lowest BCUT2D eigenvalue weighted by Crippen LogP contribution is -2.39. The van der Waals surface area contributed by atoms with Crippen LogP contribution in [0, 0.1) is 0 Å². The number of aromatic nitrogens is 3. The summed E-state index contributed by atoms with van der Waals surface area (Å²) in [5.74, 6) is 0.507. The summed E-state index contributed by atoms with van der Waals surface area (Å²) < 4.78 is 5.90. The Morgan fingerprint density at radius 3 is 2.26 bits per heavy atom. The monoisotopic (exact) mass is 492 g/mol. The number of benzene rings is 2. The van der Waals surface area contributed by atoms with Crippen LogP contribution in [0.1, 0.15) is 45.7 Å². The van der Waals surface area contributed by atoms with E-state index in [1.165, 1.54) is 6.92 Å². The standard InChI is InChI=1S/C27H29ClN4O3/c1-16(34)32-27(4,5)19-10-12-20(13-11-19)35-25-29-22-14-21(28)23(30-24(22)31-25)17-6-8-18(9-7-17)26(2,3)15-33/h6-14,33H,15H2,1-5H3,(H,32,34)(H,29,30,31). The second-order valence-electron chi connectivity index (χ2n) is 9.78. The van der Waals surface area contributed by atoms with Gasteiger partial charge in [-0.1, -0.05) is 61.8 Å². The minimum atomic E-state index is -0.493. The number of aliphatic hydroxyl groups is 1. The van der Waals surface area contributed by atoms with Crippen LogP contribution in [0.5, 0.6) is 11.8 Å². The summed E-state index contributed by atoms with van der Waals surface area (Å²) in [6.45, 7) is 9.42. The highest BCUT2D eigenvalue weighted by molar-refractivity contribution is 6.33. The number of hydrogen-bond acceptors (Lipinski definition) is 5. The van der Waals surface area contributed by atoms with Crippen molar-refractivity contribution in [2.45, 2.75) is 45.6 Å². The number of H-pyrrole nitrogens is 1. The van der Waals surface area contributed by atoms with E-state index in [0.717, 1.165) is 16.7 Å². The van der Waals surface area contributed by atoms with Crippen molar-refractivity contribution in [1.29, 1.82) is 0 Å². The van der Waals surface area contributed by atoms with Crippen molar-refractivity contribution in [1.82, 2.24) is 20.3 Å². The van der Waals surface area contributed by atoms with Crippen molar-refractivity contribution < 1.29 is 14.6 Å². The van der Waals surface area contributed by atoms with Gasteiger partial charge in [-0.15, -0.1) is 0 Å². The van der Waals surface area contributed by atoms with Crippen LogP contribution in [0.3, 0.4) is 0 Å². The molecule has 1 amide bonds. The molecule has 4 aromatic rings. The lowest BCUT2D eigenvalue weighted by molar-refractivity contribution is -0.120. The van der Waals surface area contributed by atoms with Crippen LogP contribution in [-0.4, -0.2) is 32.6 Å². The number of halogens is 1. The lowest BCUT2D eigenvalue weighted by atomic mass is 9.85. The molecule has 4 rings (SSSR count). The van der Waals surface area contributed by atoms with Gasteiger partial charge in [-0.25, -0.2) is 4.98 Å². The maximum absolute atomic E-state index is 11.5. The summed E-state index contributed by atoms with van der Waals surface area (Å²) in [6.07, 6.45) is 0. The number of ether oxygens (including phenoxy) is 1. The quantitative estimate of drug-likeness (QED) is 0.306. The summed E-state index contributed by atoms with van der Waals surface area (Å²) in [7, 11) is 0. The highest BCUT2D eigenvalue weighted by Crippen LogP contribution is 2.32. The maximum atomic E-state index is 11.5. The Labute approximate surface area is 209 Å². The zero-order chi connectivity index (χ0) is 25.4. The van der Waals surface area contributed by atoms with Crippen LogP contribution in [0.25, 0.3) is 22.4 Å². The van der Waals surface area contributed by atoms with Crippen molar-refractivity contribution in [3.05, 3.63) is 70.7 Å². The van der Waals surface area contributed by atoms with Gasteiger partial charge in [-0.2, -0.15) is 4.98 Å². The van der Waals surface area contributed by atoms with Crippen LogP contribution in [0.4, 0.5) is 0 Å². The molecule has 0 saturated carbocycles. The van der Waals surface area contributed by atoms with Crippen LogP contribution in [0.15, 0.2) is 54.6 Å². The number of imidazole rings is 1. The molecule has 8 heteroatoms. The van der Waals surface area contributed by atoms with Gasteiger partial charge < -0.3 is 20.1 Å². The topological polar surface area (TPSA) is 100 Å². The summed E-state index contributed by atoms with van der Waals surface area (Å²) in [5, 5.41) is 13.0. The number of nitrogens with zero attached hydrogens (tertiary/aromatic N) is 2. The largest absolute Gasteiger partial charge is 0.426 e. The first-order chi connectivity index (χ1) is 16.5. The molecule has 0 unspecified atom stereocenters. The number of nitrogens with one attached hydrogen (secondary N) is 2. The minimum Gasteiger partial charge on any atom is -0.426 e. The van der Waals surface area contributed by atoms with E-state index in [1.54, 1.807) is 6.07 Å². The third kappa shape index (κ3) is 5.31. The third-order valence-corrected chi connectivity index (χ3v) is 6.31. The molecular formula is C27H29ClN4O3. The normalized spacial score (nSPS) is 12.1. The van der Waals surface area contributed by atoms with Gasteiger partial charge in [0.25, 0.3) is 0 Å². The van der Waals surface area contributed by atoms with Gasteiger partial charge in [0.1, 0.15) is 5.75 Å². The molecule has 0 bridgehead atoms. The van der Waals surface area contributed by atoms with Crippen LogP contribution in [0.2, 0.25) is 5.02 Å². The van der Waals surface area contributed by atoms with E-state index in [9.17, 15) is 9.90 Å². The first-order valence-corrected chi connectivity index (χ1v) is 11.7. The number of amides is 1. The first-order valence-electron chi connectivity index (χ1n) is 11.3. The van der Waals surface area contributed by atoms with Gasteiger partial charge in [0.2, 0.25) is 5.91 Å². The molecule has 0 fully saturated rings. The minimum absolute atomic E-state index is 0.0587. The Hall–Kier alpha value is -3.42. The fourth-order valence-corrected chi connectivity index (χ4v) is 4.14. The lowest BCUT2D eigenvalue weighted by Gasteiger charge is -2.26. The van der Waals surface area contributed by atoms with Gasteiger partial charge >= 0.3 is 6.01 Å². The smallest absolute Gasteiger partial charge is 0.301 e. The van der Waals surface area contributed by atoms with Crippen LogP contribution >= 0.6 is 11.6 Å². The molecule has 2 aromatic carbocycles. The van der Waals surface area contributed by atoms with E-state index in [4.69, 9.17) is 16.3 Å². The van der Waals surface area contributed by atoms with Gasteiger partial charge in [-0.3, -0.25) is 4.79 Å². The van der Waals surface area contributed by atoms with E-state index in [1.807, 2.05) is 76.2 Å². The highest BCUT2D eigenvalue weighted by atomic mass is 35.5. The van der Waals surface area contributed by atoms with Gasteiger partial charge in [0.05, 0.1) is 28.4 Å². The highest BCUT2D eigenvalue weighted by Gasteiger charge is 2.22. The zero-order valence-corrected chi connectivity index (χ0v) is 21.2. The fourth-order valence-electron chi connectivity index (χ4n) is 3.88. The molecule has 35 heavy (non-hydrogen) atoms. The predicted molar refractivity (Wildman–Crippen MR) is 138 cm³/mol. The molecule has 2 heterocycles. The molecule has 2 aromatic heterocycles. The Morgan fingerprint density at radius 1 is 1.03 bits per heavy atom. The molecule has 0 aliphatic rings. The number of carbonyl (C=O) groups is 1. The van der Waals surface area contributed by atoms with E-state index in [0.29, 0.717) is 33.6 Å². The number of pyridine rings is 1.